The fraction of sp³-hybridized carbons (Fsp3) is 0.500. The van der Waals surface area contributed by atoms with Crippen LogP contribution in [0.15, 0.2) is 27.6 Å². The van der Waals surface area contributed by atoms with Gasteiger partial charge < -0.3 is 5.73 Å². The van der Waals surface area contributed by atoms with Crippen LogP contribution in [0.3, 0.4) is 0 Å². The zero-order valence-electron chi connectivity index (χ0n) is 10.7. The van der Waals surface area contributed by atoms with E-state index in [0.29, 0.717) is 16.0 Å². The predicted molar refractivity (Wildman–Crippen MR) is 87.0 cm³/mol. The minimum absolute atomic E-state index is 0. The van der Waals surface area contributed by atoms with Crippen molar-refractivity contribution in [1.29, 1.82) is 0 Å². The summed E-state index contributed by atoms with van der Waals surface area (Å²) in [7, 11) is -3.57. The van der Waals surface area contributed by atoms with E-state index in [1.165, 1.54) is 12.1 Å². The van der Waals surface area contributed by atoms with E-state index in [-0.39, 0.29) is 17.3 Å². The van der Waals surface area contributed by atoms with Crippen molar-refractivity contribution in [3.63, 3.8) is 0 Å². The maximum atomic E-state index is 12.4. The fourth-order valence-corrected chi connectivity index (χ4v) is 4.53. The summed E-state index contributed by atoms with van der Waals surface area (Å²) in [6.07, 6.45) is 3.59. The molecule has 2 rings (SSSR count). The van der Waals surface area contributed by atoms with Gasteiger partial charge in [0.15, 0.2) is 0 Å². The molecule has 8 heteroatoms. The largest absolute Gasteiger partial charge is 0.329 e. The van der Waals surface area contributed by atoms with Gasteiger partial charge in [0.2, 0.25) is 10.0 Å². The Labute approximate surface area is 139 Å². The Morgan fingerprint density at radius 3 is 2.45 bits per heavy atom. The number of rotatable bonds is 4. The Hall–Kier alpha value is 0.150. The first-order valence-corrected chi connectivity index (χ1v) is 8.73. The van der Waals surface area contributed by atoms with Gasteiger partial charge in [0.1, 0.15) is 0 Å². The van der Waals surface area contributed by atoms with Crippen LogP contribution in [0.25, 0.3) is 0 Å². The maximum Gasteiger partial charge on any atom is 0.241 e. The molecule has 3 N–H and O–H groups in total. The number of nitrogens with two attached hydrogens (primary N) is 1. The predicted octanol–water partition coefficient (Wildman–Crippen LogP) is 3.07. The Bertz CT molecular complexity index is 575. The van der Waals surface area contributed by atoms with Gasteiger partial charge in [-0.15, -0.1) is 12.4 Å². The van der Waals surface area contributed by atoms with E-state index in [2.05, 4.69) is 20.7 Å². The molecule has 0 unspecified atom stereocenters. The van der Waals surface area contributed by atoms with Crippen molar-refractivity contribution in [1.82, 2.24) is 4.72 Å². The number of sulfonamides is 1. The number of hydrogen-bond acceptors (Lipinski definition) is 3. The Balaban J connectivity index is 0.00000200. The highest BCUT2D eigenvalue weighted by Crippen LogP contribution is 2.31. The number of halogens is 3. The quantitative estimate of drug-likeness (QED) is 0.811. The van der Waals surface area contributed by atoms with Gasteiger partial charge in [-0.2, -0.15) is 0 Å². The summed E-state index contributed by atoms with van der Waals surface area (Å²) in [5.74, 6) is 0. The summed E-state index contributed by atoms with van der Waals surface area (Å²) in [5.41, 5.74) is 5.26. The summed E-state index contributed by atoms with van der Waals surface area (Å²) in [4.78, 5) is 0.198. The summed E-state index contributed by atoms with van der Waals surface area (Å²) >= 11 is 9.11. The van der Waals surface area contributed by atoms with Crippen molar-refractivity contribution in [3.05, 3.63) is 27.7 Å². The van der Waals surface area contributed by atoms with Crippen LogP contribution in [0.5, 0.6) is 0 Å². The van der Waals surface area contributed by atoms with Gasteiger partial charge >= 0.3 is 0 Å². The molecule has 1 fully saturated rings. The molecule has 0 radical (unpaired) electrons. The molecule has 0 aliphatic heterocycles. The van der Waals surface area contributed by atoms with Crippen LogP contribution >= 0.6 is 39.9 Å². The number of benzene rings is 1. The van der Waals surface area contributed by atoms with Crippen LogP contribution in [0.4, 0.5) is 0 Å². The number of nitrogens with one attached hydrogen (secondary N) is 1. The summed E-state index contributed by atoms with van der Waals surface area (Å²) in [6.45, 7) is 0.320. The van der Waals surface area contributed by atoms with Crippen LogP contribution in [0.1, 0.15) is 25.7 Å². The topological polar surface area (TPSA) is 72.2 Å². The van der Waals surface area contributed by atoms with Crippen LogP contribution in [-0.4, -0.2) is 20.5 Å². The second kappa shape index (κ2) is 6.94. The van der Waals surface area contributed by atoms with E-state index >= 15 is 0 Å². The molecule has 1 aliphatic rings. The molecule has 0 saturated heterocycles. The van der Waals surface area contributed by atoms with E-state index in [1.807, 2.05) is 0 Å². The lowest BCUT2D eigenvalue weighted by Crippen LogP contribution is -2.51. The van der Waals surface area contributed by atoms with Gasteiger partial charge in [0.25, 0.3) is 0 Å². The molecule has 4 nitrogen and oxygen atoms in total. The lowest BCUT2D eigenvalue weighted by atomic mass is 10.0. The third kappa shape index (κ3) is 3.87. The third-order valence-electron chi connectivity index (χ3n) is 3.50. The molecule has 1 aromatic carbocycles. The van der Waals surface area contributed by atoms with Crippen molar-refractivity contribution in [3.8, 4) is 0 Å². The maximum absolute atomic E-state index is 12.4. The second-order valence-electron chi connectivity index (χ2n) is 4.87. The monoisotopic (exact) mass is 402 g/mol. The molecular weight excluding hydrogens is 387 g/mol. The van der Waals surface area contributed by atoms with Crippen LogP contribution in [-0.2, 0) is 10.0 Å². The van der Waals surface area contributed by atoms with E-state index in [4.69, 9.17) is 17.3 Å². The number of hydrogen-bond donors (Lipinski definition) is 2. The molecule has 1 aliphatic carbocycles. The van der Waals surface area contributed by atoms with Gasteiger partial charge in [0, 0.05) is 16.6 Å². The van der Waals surface area contributed by atoms with Crippen LogP contribution in [0.2, 0.25) is 5.02 Å². The molecule has 0 spiro atoms. The average molecular weight is 404 g/mol. The molecule has 114 valence electrons. The van der Waals surface area contributed by atoms with Gasteiger partial charge in [0.05, 0.1) is 9.92 Å². The minimum Gasteiger partial charge on any atom is -0.329 e. The molecule has 0 amide bonds. The zero-order valence-corrected chi connectivity index (χ0v) is 14.7. The third-order valence-corrected chi connectivity index (χ3v) is 6.29. The normalized spacial score (nSPS) is 17.8. The van der Waals surface area contributed by atoms with Gasteiger partial charge in [-0.05, 0) is 47.0 Å². The average Bonchev–Trinajstić information content (AvgIpc) is 2.81. The van der Waals surface area contributed by atoms with Crippen molar-refractivity contribution < 1.29 is 8.42 Å². The van der Waals surface area contributed by atoms with Crippen LogP contribution in [0, 0.1) is 0 Å². The summed E-state index contributed by atoms with van der Waals surface area (Å²) in [6, 6.07) is 4.56. The van der Waals surface area contributed by atoms with Crippen molar-refractivity contribution in [2.24, 2.45) is 5.73 Å². The Morgan fingerprint density at radius 1 is 1.35 bits per heavy atom. The highest BCUT2D eigenvalue weighted by atomic mass is 79.9. The molecule has 0 heterocycles. The van der Waals surface area contributed by atoms with Crippen molar-refractivity contribution in [2.75, 3.05) is 6.54 Å². The van der Waals surface area contributed by atoms with E-state index in [1.54, 1.807) is 6.07 Å². The summed E-state index contributed by atoms with van der Waals surface area (Å²) in [5, 5.41) is 0.480. The molecule has 0 bridgehead atoms. The molecule has 20 heavy (non-hydrogen) atoms. The lowest BCUT2D eigenvalue weighted by molar-refractivity contribution is 0.399. The van der Waals surface area contributed by atoms with Gasteiger partial charge in [-0.3, -0.25) is 0 Å². The van der Waals surface area contributed by atoms with Crippen LogP contribution < -0.4 is 10.5 Å². The Morgan fingerprint density at radius 2 is 1.95 bits per heavy atom. The van der Waals surface area contributed by atoms with E-state index in [9.17, 15) is 8.42 Å². The Kier molecular flexibility index (Phi) is 6.32. The molecule has 1 saturated carbocycles. The molecule has 0 aromatic heterocycles. The zero-order chi connectivity index (χ0) is 14.1. The van der Waals surface area contributed by atoms with Crippen molar-refractivity contribution in [2.45, 2.75) is 36.1 Å². The fourth-order valence-electron chi connectivity index (χ4n) is 2.39. The molecule has 0 atom stereocenters. The standard InChI is InChI=1S/C12H16BrClN2O2S.ClH/c13-10-7-9(3-4-11(10)14)19(17,18)16-12(8-15)5-1-2-6-12;/h3-4,7,16H,1-2,5-6,8,15H2;1H. The first kappa shape index (κ1) is 18.2. The highest BCUT2D eigenvalue weighted by Gasteiger charge is 2.36. The first-order valence-electron chi connectivity index (χ1n) is 6.08. The van der Waals surface area contributed by atoms with E-state index < -0.39 is 15.6 Å². The van der Waals surface area contributed by atoms with E-state index in [0.717, 1.165) is 25.7 Å². The first-order chi connectivity index (χ1) is 8.88. The SMILES string of the molecule is Cl.NCC1(NS(=O)(=O)c2ccc(Cl)c(Br)c2)CCCC1. The van der Waals surface area contributed by atoms with Crippen molar-refractivity contribution >= 4 is 50.0 Å². The smallest absolute Gasteiger partial charge is 0.241 e. The minimum atomic E-state index is -3.57. The molecule has 1 aromatic rings. The van der Waals surface area contributed by atoms with Gasteiger partial charge in [-0.1, -0.05) is 24.4 Å². The lowest BCUT2D eigenvalue weighted by Gasteiger charge is -2.28. The highest BCUT2D eigenvalue weighted by molar-refractivity contribution is 9.10. The summed E-state index contributed by atoms with van der Waals surface area (Å²) < 4.78 is 28.1. The second-order valence-corrected chi connectivity index (χ2v) is 7.82. The molecular formula is C12H17BrCl2N2O2S. The van der Waals surface area contributed by atoms with Gasteiger partial charge in [-0.25, -0.2) is 13.1 Å².